The van der Waals surface area contributed by atoms with Gasteiger partial charge >= 0.3 is 0 Å². The smallest absolute Gasteiger partial charge is 0.239 e. The molecule has 0 bridgehead atoms. The zero-order chi connectivity index (χ0) is 20.1. The number of thioether (sulfide) groups is 1. The lowest BCUT2D eigenvalue weighted by Crippen LogP contribution is -2.22. The molecule has 1 atom stereocenters. The Morgan fingerprint density at radius 3 is 2.39 bits per heavy atom. The fourth-order valence-corrected chi connectivity index (χ4v) is 4.28. The highest BCUT2D eigenvalue weighted by Crippen LogP contribution is 2.32. The van der Waals surface area contributed by atoms with Gasteiger partial charge < -0.3 is 10.1 Å². The molecule has 0 fully saturated rings. The van der Waals surface area contributed by atoms with Crippen molar-refractivity contribution >= 4 is 39.9 Å². The van der Waals surface area contributed by atoms with Crippen molar-refractivity contribution in [2.24, 2.45) is 0 Å². The Labute approximate surface area is 172 Å². The quantitative estimate of drug-likeness (QED) is 0.430. The van der Waals surface area contributed by atoms with E-state index in [1.807, 2.05) is 61.5 Å². The van der Waals surface area contributed by atoms with Gasteiger partial charge in [-0.25, -0.2) is 4.98 Å². The van der Waals surface area contributed by atoms with Crippen LogP contribution in [0.2, 0.25) is 0 Å². The number of methoxy groups -OCH3 is 1. The number of hydrogen-bond acceptors (Lipinski definition) is 6. The second-order valence-corrected chi connectivity index (χ2v) is 8.46. The standard InChI is InChI=1S/C21H20N2O3S2/c1-13(24)19-18(15-7-5-4-6-8-15)22-21(28-19)23-20(25)14(2)27-17-11-9-16(26-3)10-12-17/h4-12,14H,1-3H3,(H,22,23,25). The number of carbonyl (C=O) groups excluding carboxylic acids is 2. The third kappa shape index (κ3) is 4.79. The van der Waals surface area contributed by atoms with E-state index in [0.717, 1.165) is 16.2 Å². The summed E-state index contributed by atoms with van der Waals surface area (Å²) in [4.78, 5) is 30.6. The van der Waals surface area contributed by atoms with E-state index in [0.29, 0.717) is 15.7 Å². The van der Waals surface area contributed by atoms with Crippen molar-refractivity contribution < 1.29 is 14.3 Å². The van der Waals surface area contributed by atoms with Gasteiger partial charge in [0, 0.05) is 17.4 Å². The topological polar surface area (TPSA) is 68.3 Å². The summed E-state index contributed by atoms with van der Waals surface area (Å²) in [6.07, 6.45) is 0. The molecule has 7 heteroatoms. The van der Waals surface area contributed by atoms with Gasteiger partial charge in [-0.15, -0.1) is 11.8 Å². The normalized spacial score (nSPS) is 11.7. The summed E-state index contributed by atoms with van der Waals surface area (Å²) in [5, 5.41) is 2.95. The summed E-state index contributed by atoms with van der Waals surface area (Å²) >= 11 is 2.65. The third-order valence-electron chi connectivity index (χ3n) is 3.97. The van der Waals surface area contributed by atoms with Crippen LogP contribution in [0, 0.1) is 0 Å². The van der Waals surface area contributed by atoms with Crippen molar-refractivity contribution in [2.75, 3.05) is 12.4 Å². The van der Waals surface area contributed by atoms with Crippen LogP contribution in [-0.2, 0) is 4.79 Å². The first-order valence-corrected chi connectivity index (χ1v) is 10.4. The summed E-state index contributed by atoms with van der Waals surface area (Å²) < 4.78 is 5.15. The largest absolute Gasteiger partial charge is 0.497 e. The second kappa shape index (κ2) is 9.03. The number of ketones is 1. The van der Waals surface area contributed by atoms with Gasteiger partial charge in [0.25, 0.3) is 0 Å². The van der Waals surface area contributed by atoms with E-state index in [-0.39, 0.29) is 16.9 Å². The maximum absolute atomic E-state index is 12.6. The molecule has 0 aliphatic heterocycles. The zero-order valence-electron chi connectivity index (χ0n) is 15.8. The average molecular weight is 413 g/mol. The minimum absolute atomic E-state index is 0.0718. The van der Waals surface area contributed by atoms with Crippen molar-refractivity contribution in [3.05, 3.63) is 59.5 Å². The molecule has 3 rings (SSSR count). The van der Waals surface area contributed by atoms with Gasteiger partial charge in [-0.1, -0.05) is 41.7 Å². The number of thiazole rings is 1. The molecule has 1 N–H and O–H groups in total. The highest BCUT2D eigenvalue weighted by molar-refractivity contribution is 8.00. The van der Waals surface area contributed by atoms with Gasteiger partial charge in [-0.3, -0.25) is 9.59 Å². The number of anilines is 1. The minimum atomic E-state index is -0.321. The van der Waals surface area contributed by atoms with E-state index >= 15 is 0 Å². The summed E-state index contributed by atoms with van der Waals surface area (Å²) in [6.45, 7) is 3.34. The van der Waals surface area contributed by atoms with E-state index in [9.17, 15) is 9.59 Å². The maximum Gasteiger partial charge on any atom is 0.239 e. The van der Waals surface area contributed by atoms with Gasteiger partial charge in [0.15, 0.2) is 10.9 Å². The molecule has 0 radical (unpaired) electrons. The summed E-state index contributed by atoms with van der Waals surface area (Å²) in [6, 6.07) is 17.0. The van der Waals surface area contributed by atoms with Crippen LogP contribution in [0.3, 0.4) is 0 Å². The zero-order valence-corrected chi connectivity index (χ0v) is 17.4. The maximum atomic E-state index is 12.6. The number of aromatic nitrogens is 1. The molecule has 0 aliphatic carbocycles. The highest BCUT2D eigenvalue weighted by Gasteiger charge is 2.20. The molecule has 0 saturated heterocycles. The van der Waals surface area contributed by atoms with Gasteiger partial charge in [-0.05, 0) is 31.2 Å². The first-order chi connectivity index (χ1) is 13.5. The number of amides is 1. The average Bonchev–Trinajstić information content (AvgIpc) is 3.13. The summed E-state index contributed by atoms with van der Waals surface area (Å²) in [7, 11) is 1.62. The van der Waals surface area contributed by atoms with E-state index in [2.05, 4.69) is 10.3 Å². The molecule has 1 unspecified atom stereocenters. The Hall–Kier alpha value is -2.64. The first kappa shape index (κ1) is 20.1. The monoisotopic (exact) mass is 412 g/mol. The van der Waals surface area contributed by atoms with E-state index < -0.39 is 0 Å². The van der Waals surface area contributed by atoms with Crippen molar-refractivity contribution in [1.29, 1.82) is 0 Å². The fraction of sp³-hybridized carbons (Fsp3) is 0.190. The fourth-order valence-electron chi connectivity index (χ4n) is 2.52. The molecule has 1 amide bonds. The predicted octanol–water partition coefficient (Wildman–Crippen LogP) is 5.14. The molecule has 144 valence electrons. The van der Waals surface area contributed by atoms with Crippen LogP contribution in [0.25, 0.3) is 11.3 Å². The van der Waals surface area contributed by atoms with Crippen molar-refractivity contribution in [1.82, 2.24) is 4.98 Å². The second-order valence-electron chi connectivity index (χ2n) is 6.04. The molecule has 0 aliphatic rings. The van der Waals surface area contributed by atoms with Gasteiger partial charge in [-0.2, -0.15) is 0 Å². The lowest BCUT2D eigenvalue weighted by Gasteiger charge is -2.10. The SMILES string of the molecule is COc1ccc(SC(C)C(=O)Nc2nc(-c3ccccc3)c(C(C)=O)s2)cc1. The van der Waals surface area contributed by atoms with Crippen LogP contribution in [0.5, 0.6) is 5.75 Å². The number of Topliss-reactive ketones (excluding diaryl/α,β-unsaturated/α-hetero) is 1. The number of nitrogens with one attached hydrogen (secondary N) is 1. The van der Waals surface area contributed by atoms with E-state index in [1.54, 1.807) is 7.11 Å². The van der Waals surface area contributed by atoms with Crippen LogP contribution in [0.15, 0.2) is 59.5 Å². The number of hydrogen-bond donors (Lipinski definition) is 1. The van der Waals surface area contributed by atoms with Crippen LogP contribution in [0.4, 0.5) is 5.13 Å². The number of benzene rings is 2. The first-order valence-electron chi connectivity index (χ1n) is 8.66. The van der Waals surface area contributed by atoms with Crippen LogP contribution in [-0.4, -0.2) is 29.0 Å². The van der Waals surface area contributed by atoms with E-state index in [4.69, 9.17) is 4.74 Å². The highest BCUT2D eigenvalue weighted by atomic mass is 32.2. The molecule has 28 heavy (non-hydrogen) atoms. The van der Waals surface area contributed by atoms with Gasteiger partial charge in [0.2, 0.25) is 5.91 Å². The molecule has 1 heterocycles. The minimum Gasteiger partial charge on any atom is -0.497 e. The van der Waals surface area contributed by atoms with Crippen LogP contribution < -0.4 is 10.1 Å². The Bertz CT molecular complexity index is 969. The van der Waals surface area contributed by atoms with E-state index in [1.165, 1.54) is 30.0 Å². The molecular formula is C21H20N2O3S2. The molecule has 5 nitrogen and oxygen atoms in total. The van der Waals surface area contributed by atoms with Crippen molar-refractivity contribution in [2.45, 2.75) is 24.0 Å². The van der Waals surface area contributed by atoms with Gasteiger partial charge in [0.05, 0.1) is 22.9 Å². The number of nitrogens with zero attached hydrogens (tertiary/aromatic N) is 1. The molecule has 2 aromatic carbocycles. The third-order valence-corrected chi connectivity index (χ3v) is 6.15. The predicted molar refractivity (Wildman–Crippen MR) is 114 cm³/mol. The molecule has 1 aromatic heterocycles. The Balaban J connectivity index is 1.73. The Morgan fingerprint density at radius 2 is 1.79 bits per heavy atom. The van der Waals surface area contributed by atoms with Gasteiger partial charge in [0.1, 0.15) is 5.75 Å². The van der Waals surface area contributed by atoms with Crippen molar-refractivity contribution in [3.63, 3.8) is 0 Å². The Morgan fingerprint density at radius 1 is 1.11 bits per heavy atom. The molecule has 0 spiro atoms. The summed E-state index contributed by atoms with van der Waals surface area (Å²) in [5.74, 6) is 0.538. The lowest BCUT2D eigenvalue weighted by molar-refractivity contribution is -0.115. The lowest BCUT2D eigenvalue weighted by atomic mass is 10.1. The van der Waals surface area contributed by atoms with Crippen LogP contribution >= 0.6 is 23.1 Å². The molecular weight excluding hydrogens is 392 g/mol. The number of carbonyl (C=O) groups is 2. The number of rotatable bonds is 7. The Kier molecular flexibility index (Phi) is 6.49. The van der Waals surface area contributed by atoms with Crippen molar-refractivity contribution in [3.8, 4) is 17.0 Å². The molecule has 0 saturated carbocycles. The van der Waals surface area contributed by atoms with Crippen LogP contribution in [0.1, 0.15) is 23.5 Å². The number of ether oxygens (including phenoxy) is 1. The molecule has 3 aromatic rings. The summed E-state index contributed by atoms with van der Waals surface area (Å²) in [5.41, 5.74) is 1.45.